The molecule has 5 heteroatoms. The van der Waals surface area contributed by atoms with E-state index >= 15 is 0 Å². The van der Waals surface area contributed by atoms with Crippen molar-refractivity contribution >= 4 is 5.82 Å². The number of pyridine rings is 1. The molecule has 118 valence electrons. The van der Waals surface area contributed by atoms with Crippen molar-refractivity contribution in [3.8, 4) is 0 Å². The van der Waals surface area contributed by atoms with Gasteiger partial charge in [-0.15, -0.1) is 0 Å². The summed E-state index contributed by atoms with van der Waals surface area (Å²) in [6.45, 7) is 8.51. The van der Waals surface area contributed by atoms with E-state index in [0.29, 0.717) is 11.9 Å². The second kappa shape index (κ2) is 7.20. The molecule has 0 spiro atoms. The van der Waals surface area contributed by atoms with Crippen molar-refractivity contribution < 1.29 is 0 Å². The van der Waals surface area contributed by atoms with Crippen LogP contribution in [0.15, 0.2) is 12.3 Å². The Balaban J connectivity index is 2.30. The van der Waals surface area contributed by atoms with Gasteiger partial charge < -0.3 is 16.0 Å². The number of piperazine rings is 1. The predicted molar refractivity (Wildman–Crippen MR) is 88.3 cm³/mol. The van der Waals surface area contributed by atoms with Crippen molar-refractivity contribution in [1.29, 1.82) is 0 Å². The van der Waals surface area contributed by atoms with Gasteiger partial charge in [0, 0.05) is 37.4 Å². The summed E-state index contributed by atoms with van der Waals surface area (Å²) in [6.07, 6.45) is 2.95. The number of nitrogens with one attached hydrogen (secondary N) is 1. The molecule has 0 aromatic carbocycles. The quantitative estimate of drug-likeness (QED) is 0.855. The van der Waals surface area contributed by atoms with Crippen LogP contribution >= 0.6 is 0 Å². The fourth-order valence-electron chi connectivity index (χ4n) is 3.01. The smallest absolute Gasteiger partial charge is 0.128 e. The fraction of sp³-hybridized carbons (Fsp3) is 0.688. The largest absolute Gasteiger partial charge is 0.383 e. The number of aryl methyl sites for hydroxylation is 1. The number of aromatic nitrogens is 1. The maximum atomic E-state index is 6.17. The molecule has 21 heavy (non-hydrogen) atoms. The zero-order valence-corrected chi connectivity index (χ0v) is 13.8. The zero-order chi connectivity index (χ0) is 15.4. The normalized spacial score (nSPS) is 22.4. The first-order valence-electron chi connectivity index (χ1n) is 7.87. The molecule has 0 radical (unpaired) electrons. The van der Waals surface area contributed by atoms with Crippen LogP contribution in [0.2, 0.25) is 0 Å². The van der Waals surface area contributed by atoms with Gasteiger partial charge in [0.1, 0.15) is 5.82 Å². The van der Waals surface area contributed by atoms with Crippen LogP contribution in [0.3, 0.4) is 0 Å². The lowest BCUT2D eigenvalue weighted by molar-refractivity contribution is 0.0877. The Kier molecular flexibility index (Phi) is 5.56. The van der Waals surface area contributed by atoms with Gasteiger partial charge in [-0.05, 0) is 45.6 Å². The molecule has 2 atom stereocenters. The van der Waals surface area contributed by atoms with E-state index < -0.39 is 0 Å². The average molecular weight is 291 g/mol. The summed E-state index contributed by atoms with van der Waals surface area (Å²) in [6, 6.07) is 2.82. The maximum Gasteiger partial charge on any atom is 0.128 e. The van der Waals surface area contributed by atoms with E-state index in [9.17, 15) is 0 Å². The van der Waals surface area contributed by atoms with E-state index in [2.05, 4.69) is 54.1 Å². The molecule has 1 fully saturated rings. The third-order valence-corrected chi connectivity index (χ3v) is 4.32. The van der Waals surface area contributed by atoms with Crippen molar-refractivity contribution in [2.75, 3.05) is 46.0 Å². The number of nitrogens with zero attached hydrogens (tertiary/aromatic N) is 3. The van der Waals surface area contributed by atoms with Crippen LogP contribution in [-0.4, -0.2) is 61.1 Å². The fourth-order valence-corrected chi connectivity index (χ4v) is 3.01. The second-order valence-corrected chi connectivity index (χ2v) is 6.23. The first-order chi connectivity index (χ1) is 10.0. The number of nitrogens with two attached hydrogens (primary N) is 1. The van der Waals surface area contributed by atoms with Crippen molar-refractivity contribution in [2.45, 2.75) is 32.4 Å². The molecule has 1 aliphatic rings. The molecule has 0 aliphatic carbocycles. The van der Waals surface area contributed by atoms with E-state index in [4.69, 9.17) is 5.73 Å². The van der Waals surface area contributed by atoms with E-state index in [1.54, 1.807) is 0 Å². The Bertz CT molecular complexity index is 462. The second-order valence-electron chi connectivity index (χ2n) is 6.23. The molecule has 2 unspecified atom stereocenters. The Labute approximate surface area is 128 Å². The summed E-state index contributed by atoms with van der Waals surface area (Å²) in [7, 11) is 4.40. The Hall–Kier alpha value is -1.17. The monoisotopic (exact) mass is 291 g/mol. The van der Waals surface area contributed by atoms with Crippen LogP contribution in [0.5, 0.6) is 0 Å². The summed E-state index contributed by atoms with van der Waals surface area (Å²) in [4.78, 5) is 9.19. The molecule has 2 rings (SSSR count). The Morgan fingerprint density at radius 3 is 2.90 bits per heavy atom. The summed E-state index contributed by atoms with van der Waals surface area (Å²) >= 11 is 0. The van der Waals surface area contributed by atoms with E-state index in [1.807, 2.05) is 6.20 Å². The van der Waals surface area contributed by atoms with Gasteiger partial charge in [-0.1, -0.05) is 6.92 Å². The summed E-state index contributed by atoms with van der Waals surface area (Å²) < 4.78 is 0. The van der Waals surface area contributed by atoms with Crippen LogP contribution in [0, 0.1) is 6.92 Å². The number of hydrogen-bond acceptors (Lipinski definition) is 5. The number of likely N-dealkylation sites (N-methyl/N-ethyl adjacent to an activating group) is 2. The van der Waals surface area contributed by atoms with Crippen LogP contribution in [-0.2, 0) is 0 Å². The Morgan fingerprint density at radius 1 is 1.43 bits per heavy atom. The predicted octanol–water partition coefficient (Wildman–Crippen LogP) is 1.26. The molecule has 1 aromatic heterocycles. The lowest BCUT2D eigenvalue weighted by Gasteiger charge is -2.42. The van der Waals surface area contributed by atoms with Gasteiger partial charge in [0.05, 0.1) is 6.04 Å². The van der Waals surface area contributed by atoms with E-state index in [0.717, 1.165) is 43.7 Å². The highest BCUT2D eigenvalue weighted by Gasteiger charge is 2.31. The minimum atomic E-state index is 0.227. The third-order valence-electron chi connectivity index (χ3n) is 4.32. The number of hydrogen-bond donors (Lipinski definition) is 2. The van der Waals surface area contributed by atoms with Crippen LogP contribution < -0.4 is 11.1 Å². The molecule has 3 N–H and O–H groups in total. The van der Waals surface area contributed by atoms with Gasteiger partial charge in [-0.2, -0.15) is 0 Å². The first kappa shape index (κ1) is 16.2. The van der Waals surface area contributed by atoms with Crippen molar-refractivity contribution in [1.82, 2.24) is 20.1 Å². The number of rotatable bonds is 5. The number of anilines is 1. The molecular formula is C16H29N5. The molecule has 0 amide bonds. The zero-order valence-electron chi connectivity index (χ0n) is 13.8. The van der Waals surface area contributed by atoms with Gasteiger partial charge in [-0.3, -0.25) is 4.90 Å². The van der Waals surface area contributed by atoms with Crippen LogP contribution in [0.4, 0.5) is 5.82 Å². The molecule has 0 saturated carbocycles. The standard InChI is InChI=1S/C16H29N5/c1-5-6-18-15(13-9-12(2)10-19-16(13)17)14-11-20(3)7-8-21(14)4/h9-10,14-15,18H,5-8,11H2,1-4H3,(H2,17,19). The van der Waals surface area contributed by atoms with Crippen molar-refractivity contribution in [3.63, 3.8) is 0 Å². The topological polar surface area (TPSA) is 57.4 Å². The van der Waals surface area contributed by atoms with Gasteiger partial charge in [0.25, 0.3) is 0 Å². The molecule has 1 aliphatic heterocycles. The lowest BCUT2D eigenvalue weighted by Crippen LogP contribution is -2.55. The molecule has 0 bridgehead atoms. The highest BCUT2D eigenvalue weighted by molar-refractivity contribution is 5.43. The van der Waals surface area contributed by atoms with Crippen molar-refractivity contribution in [2.24, 2.45) is 0 Å². The third kappa shape index (κ3) is 3.93. The molecule has 1 saturated heterocycles. The van der Waals surface area contributed by atoms with Gasteiger partial charge in [-0.25, -0.2) is 4.98 Å². The first-order valence-corrected chi connectivity index (χ1v) is 7.87. The summed E-state index contributed by atoms with van der Waals surface area (Å²) in [5.74, 6) is 0.649. The maximum absolute atomic E-state index is 6.17. The molecule has 5 nitrogen and oxygen atoms in total. The summed E-state index contributed by atoms with van der Waals surface area (Å²) in [5, 5.41) is 3.69. The lowest BCUT2D eigenvalue weighted by atomic mass is 9.95. The highest BCUT2D eigenvalue weighted by Crippen LogP contribution is 2.27. The van der Waals surface area contributed by atoms with Crippen LogP contribution in [0.1, 0.15) is 30.5 Å². The highest BCUT2D eigenvalue weighted by atomic mass is 15.3. The number of nitrogen functional groups attached to an aromatic ring is 1. The van der Waals surface area contributed by atoms with Crippen LogP contribution in [0.25, 0.3) is 0 Å². The van der Waals surface area contributed by atoms with E-state index in [1.165, 1.54) is 0 Å². The Morgan fingerprint density at radius 2 is 2.19 bits per heavy atom. The summed E-state index contributed by atoms with van der Waals surface area (Å²) in [5.41, 5.74) is 8.46. The van der Waals surface area contributed by atoms with Gasteiger partial charge in [0.2, 0.25) is 0 Å². The van der Waals surface area contributed by atoms with Crippen molar-refractivity contribution in [3.05, 3.63) is 23.4 Å². The van der Waals surface area contributed by atoms with Gasteiger partial charge in [0.15, 0.2) is 0 Å². The average Bonchev–Trinajstić information content (AvgIpc) is 2.46. The minimum Gasteiger partial charge on any atom is -0.383 e. The minimum absolute atomic E-state index is 0.227. The van der Waals surface area contributed by atoms with E-state index in [-0.39, 0.29) is 6.04 Å². The molecular weight excluding hydrogens is 262 g/mol. The molecule has 2 heterocycles. The molecule has 1 aromatic rings. The SMILES string of the molecule is CCCNC(c1cc(C)cnc1N)C1CN(C)CCN1C. The van der Waals surface area contributed by atoms with Gasteiger partial charge >= 0.3 is 0 Å².